The molecule has 0 saturated heterocycles. The van der Waals surface area contributed by atoms with Gasteiger partial charge in [0.25, 0.3) is 0 Å². The number of rotatable bonds is 5. The van der Waals surface area contributed by atoms with Crippen LogP contribution in [0.3, 0.4) is 0 Å². The number of aryl methyl sites for hydroxylation is 2. The van der Waals surface area contributed by atoms with E-state index in [-0.39, 0.29) is 5.92 Å². The van der Waals surface area contributed by atoms with E-state index in [0.717, 1.165) is 24.4 Å². The molecule has 0 aliphatic rings. The van der Waals surface area contributed by atoms with Crippen molar-refractivity contribution in [3.63, 3.8) is 0 Å². The molecule has 0 spiro atoms. The number of nitrogens with zero attached hydrogens (tertiary/aromatic N) is 4. The molecule has 2 aromatic heterocycles. The molecular formula is C13H20N4O. The van der Waals surface area contributed by atoms with Gasteiger partial charge in [0.15, 0.2) is 5.82 Å². The topological polar surface area (TPSA) is 56.7 Å². The van der Waals surface area contributed by atoms with Gasteiger partial charge in [0.2, 0.25) is 5.89 Å². The van der Waals surface area contributed by atoms with Gasteiger partial charge in [-0.05, 0) is 18.9 Å². The van der Waals surface area contributed by atoms with Crippen molar-refractivity contribution in [3.8, 4) is 0 Å². The van der Waals surface area contributed by atoms with E-state index in [0.29, 0.717) is 12.4 Å². The van der Waals surface area contributed by atoms with E-state index < -0.39 is 0 Å². The molecule has 5 nitrogen and oxygen atoms in total. The van der Waals surface area contributed by atoms with Crippen LogP contribution in [0.1, 0.15) is 56.7 Å². The molecule has 0 unspecified atom stereocenters. The molecule has 2 aromatic rings. The van der Waals surface area contributed by atoms with Gasteiger partial charge in [-0.15, -0.1) is 0 Å². The lowest BCUT2D eigenvalue weighted by Gasteiger charge is -2.01. The van der Waals surface area contributed by atoms with Crippen molar-refractivity contribution < 1.29 is 4.52 Å². The van der Waals surface area contributed by atoms with Gasteiger partial charge in [0.05, 0.1) is 5.69 Å². The van der Waals surface area contributed by atoms with Gasteiger partial charge in [-0.3, -0.25) is 4.68 Å². The van der Waals surface area contributed by atoms with Crippen molar-refractivity contribution in [2.45, 2.75) is 53.0 Å². The Labute approximate surface area is 107 Å². The predicted molar refractivity (Wildman–Crippen MR) is 68.5 cm³/mol. The second-order valence-electron chi connectivity index (χ2n) is 4.69. The Morgan fingerprint density at radius 2 is 2.06 bits per heavy atom. The van der Waals surface area contributed by atoms with Crippen LogP contribution < -0.4 is 0 Å². The van der Waals surface area contributed by atoms with Crippen LogP contribution in [0.5, 0.6) is 0 Å². The minimum atomic E-state index is 0.289. The molecule has 2 heterocycles. The quantitative estimate of drug-likeness (QED) is 0.816. The molecule has 0 radical (unpaired) electrons. The van der Waals surface area contributed by atoms with Crippen LogP contribution in [0.4, 0.5) is 0 Å². The van der Waals surface area contributed by atoms with Gasteiger partial charge in [0.1, 0.15) is 6.54 Å². The van der Waals surface area contributed by atoms with E-state index in [9.17, 15) is 0 Å². The van der Waals surface area contributed by atoms with Crippen molar-refractivity contribution in [2.75, 3.05) is 0 Å². The van der Waals surface area contributed by atoms with Crippen LogP contribution in [0.15, 0.2) is 10.6 Å². The first kappa shape index (κ1) is 12.8. The predicted octanol–water partition coefficient (Wildman–Crippen LogP) is 2.56. The van der Waals surface area contributed by atoms with E-state index >= 15 is 0 Å². The van der Waals surface area contributed by atoms with Gasteiger partial charge in [-0.2, -0.15) is 10.1 Å². The lowest BCUT2D eigenvalue weighted by atomic mass is 10.2. The molecule has 0 N–H and O–H groups in total. The summed E-state index contributed by atoms with van der Waals surface area (Å²) in [4.78, 5) is 4.38. The summed E-state index contributed by atoms with van der Waals surface area (Å²) in [7, 11) is 0. The van der Waals surface area contributed by atoms with Crippen LogP contribution in [0, 0.1) is 0 Å². The van der Waals surface area contributed by atoms with E-state index in [4.69, 9.17) is 4.52 Å². The smallest absolute Gasteiger partial charge is 0.248 e. The lowest BCUT2D eigenvalue weighted by Crippen LogP contribution is -2.06. The summed E-state index contributed by atoms with van der Waals surface area (Å²) >= 11 is 0. The van der Waals surface area contributed by atoms with Gasteiger partial charge in [-0.1, -0.05) is 32.9 Å². The van der Waals surface area contributed by atoms with Crippen molar-refractivity contribution in [3.05, 3.63) is 29.2 Å². The van der Waals surface area contributed by atoms with E-state index in [1.807, 2.05) is 4.68 Å². The Kier molecular flexibility index (Phi) is 3.79. The Morgan fingerprint density at radius 1 is 1.28 bits per heavy atom. The molecule has 0 bridgehead atoms. The molecule has 0 fully saturated rings. The van der Waals surface area contributed by atoms with Crippen molar-refractivity contribution in [1.29, 1.82) is 0 Å². The zero-order valence-electron chi connectivity index (χ0n) is 11.5. The molecule has 0 atom stereocenters. The maximum atomic E-state index is 5.25. The fourth-order valence-electron chi connectivity index (χ4n) is 1.80. The summed E-state index contributed by atoms with van der Waals surface area (Å²) in [6.45, 7) is 8.89. The first-order chi connectivity index (χ1) is 8.63. The van der Waals surface area contributed by atoms with Gasteiger partial charge in [-0.25, -0.2) is 0 Å². The minimum Gasteiger partial charge on any atom is -0.337 e. The van der Waals surface area contributed by atoms with Crippen molar-refractivity contribution >= 4 is 0 Å². The standard InChI is InChI=1S/C13H20N4O/c1-5-10-7-11(6-2)17(15-10)8-12-14-13(9(3)4)16-18-12/h7,9H,5-6,8H2,1-4H3. The molecule has 5 heteroatoms. The fourth-order valence-corrected chi connectivity index (χ4v) is 1.80. The lowest BCUT2D eigenvalue weighted by molar-refractivity contribution is 0.358. The molecule has 18 heavy (non-hydrogen) atoms. The highest BCUT2D eigenvalue weighted by Crippen LogP contribution is 2.12. The molecule has 0 amide bonds. The van der Waals surface area contributed by atoms with Gasteiger partial charge in [0, 0.05) is 11.6 Å². The van der Waals surface area contributed by atoms with E-state index in [1.165, 1.54) is 5.69 Å². The second-order valence-corrected chi connectivity index (χ2v) is 4.69. The second kappa shape index (κ2) is 5.33. The summed E-state index contributed by atoms with van der Waals surface area (Å²) in [6, 6.07) is 2.14. The molecule has 98 valence electrons. The highest BCUT2D eigenvalue weighted by molar-refractivity contribution is 5.11. The van der Waals surface area contributed by atoms with Crippen LogP contribution in [0.25, 0.3) is 0 Å². The highest BCUT2D eigenvalue weighted by atomic mass is 16.5. The third-order valence-electron chi connectivity index (χ3n) is 2.92. The zero-order chi connectivity index (χ0) is 13.1. The minimum absolute atomic E-state index is 0.289. The average Bonchev–Trinajstić information content (AvgIpc) is 2.96. The van der Waals surface area contributed by atoms with Crippen LogP contribution >= 0.6 is 0 Å². The molecule has 2 rings (SSSR count). The molecule has 0 aliphatic heterocycles. The largest absolute Gasteiger partial charge is 0.337 e. The Morgan fingerprint density at radius 3 is 2.61 bits per heavy atom. The molecular weight excluding hydrogens is 228 g/mol. The molecule has 0 aliphatic carbocycles. The highest BCUT2D eigenvalue weighted by Gasteiger charge is 2.12. The number of hydrogen-bond acceptors (Lipinski definition) is 4. The summed E-state index contributed by atoms with van der Waals surface area (Å²) in [5.74, 6) is 1.67. The summed E-state index contributed by atoms with van der Waals surface area (Å²) < 4.78 is 7.21. The first-order valence-corrected chi connectivity index (χ1v) is 6.52. The summed E-state index contributed by atoms with van der Waals surface area (Å²) in [6.07, 6.45) is 1.90. The SMILES string of the molecule is CCc1cc(CC)n(Cc2nc(C(C)C)no2)n1. The average molecular weight is 248 g/mol. The van der Waals surface area contributed by atoms with Gasteiger partial charge < -0.3 is 4.52 Å². The fraction of sp³-hybridized carbons (Fsp3) is 0.615. The summed E-state index contributed by atoms with van der Waals surface area (Å²) in [5.41, 5.74) is 2.31. The molecule has 0 saturated carbocycles. The van der Waals surface area contributed by atoms with Gasteiger partial charge >= 0.3 is 0 Å². The monoisotopic (exact) mass is 248 g/mol. The zero-order valence-corrected chi connectivity index (χ0v) is 11.5. The van der Waals surface area contributed by atoms with Crippen molar-refractivity contribution in [1.82, 2.24) is 19.9 Å². The van der Waals surface area contributed by atoms with E-state index in [1.54, 1.807) is 0 Å². The third kappa shape index (κ3) is 2.60. The number of hydrogen-bond donors (Lipinski definition) is 0. The Hall–Kier alpha value is -1.65. The van der Waals surface area contributed by atoms with Crippen molar-refractivity contribution in [2.24, 2.45) is 0 Å². The van der Waals surface area contributed by atoms with Crippen LogP contribution in [0.2, 0.25) is 0 Å². The maximum Gasteiger partial charge on any atom is 0.248 e. The Balaban J connectivity index is 2.19. The Bertz CT molecular complexity index is 513. The molecule has 0 aromatic carbocycles. The maximum absolute atomic E-state index is 5.25. The van der Waals surface area contributed by atoms with Crippen LogP contribution in [-0.2, 0) is 19.4 Å². The summed E-state index contributed by atoms with van der Waals surface area (Å²) in [5, 5.41) is 8.50. The van der Waals surface area contributed by atoms with E-state index in [2.05, 4.69) is 49.0 Å². The normalized spacial score (nSPS) is 11.4. The number of aromatic nitrogens is 4. The van der Waals surface area contributed by atoms with Crippen LogP contribution in [-0.4, -0.2) is 19.9 Å². The third-order valence-corrected chi connectivity index (χ3v) is 2.92. The first-order valence-electron chi connectivity index (χ1n) is 6.52.